The number of piperazine rings is 1. The molecule has 1 heterocycles. The predicted octanol–water partition coefficient (Wildman–Crippen LogP) is 4.67. The molecule has 1 saturated heterocycles. The zero-order chi connectivity index (χ0) is 25.7. The highest BCUT2D eigenvalue weighted by Gasteiger charge is 2.24. The standard InChI is InChI=1S/C29H34FN5O/c1-32(2)25-10-5-22(6-11-25)20-31-28-14-9-24(30)19-27(28)29(36)35-17-15-34(16-18-35)21-23-7-12-26(13-8-23)33(3)4/h5-14,19-20H,15-18,21H2,1-4H3. The van der Waals surface area contributed by atoms with Gasteiger partial charge in [-0.25, -0.2) is 4.39 Å². The molecule has 0 aromatic heterocycles. The number of amides is 1. The van der Waals surface area contributed by atoms with E-state index in [4.69, 9.17) is 0 Å². The van der Waals surface area contributed by atoms with Crippen molar-refractivity contribution < 1.29 is 9.18 Å². The summed E-state index contributed by atoms with van der Waals surface area (Å²) in [6, 6.07) is 20.7. The van der Waals surface area contributed by atoms with E-state index in [9.17, 15) is 9.18 Å². The van der Waals surface area contributed by atoms with Gasteiger partial charge in [0.05, 0.1) is 11.3 Å². The van der Waals surface area contributed by atoms with E-state index < -0.39 is 5.82 Å². The Morgan fingerprint density at radius 1 is 0.861 bits per heavy atom. The lowest BCUT2D eigenvalue weighted by Gasteiger charge is -2.35. The fourth-order valence-corrected chi connectivity index (χ4v) is 4.23. The van der Waals surface area contributed by atoms with E-state index in [0.29, 0.717) is 24.3 Å². The minimum Gasteiger partial charge on any atom is -0.378 e. The summed E-state index contributed by atoms with van der Waals surface area (Å²) in [7, 11) is 8.04. The molecule has 0 unspecified atom stereocenters. The van der Waals surface area contributed by atoms with E-state index >= 15 is 0 Å². The van der Waals surface area contributed by atoms with Crippen molar-refractivity contribution in [2.24, 2.45) is 4.99 Å². The molecule has 0 spiro atoms. The van der Waals surface area contributed by atoms with Crippen molar-refractivity contribution in [3.8, 4) is 0 Å². The Labute approximate surface area is 213 Å². The molecule has 188 valence electrons. The molecule has 1 fully saturated rings. The molecule has 7 heteroatoms. The van der Waals surface area contributed by atoms with Crippen LogP contribution < -0.4 is 9.80 Å². The number of hydrogen-bond acceptors (Lipinski definition) is 5. The third-order valence-electron chi connectivity index (χ3n) is 6.47. The van der Waals surface area contributed by atoms with Crippen LogP contribution in [-0.4, -0.2) is 76.3 Å². The van der Waals surface area contributed by atoms with E-state index in [1.54, 1.807) is 17.2 Å². The summed E-state index contributed by atoms with van der Waals surface area (Å²) in [5, 5.41) is 0. The molecule has 0 aliphatic carbocycles. The number of aliphatic imine (C=N–C) groups is 1. The topological polar surface area (TPSA) is 42.4 Å². The smallest absolute Gasteiger partial charge is 0.256 e. The molecule has 3 aromatic rings. The molecule has 0 N–H and O–H groups in total. The van der Waals surface area contributed by atoms with Crippen LogP contribution in [0.1, 0.15) is 21.5 Å². The van der Waals surface area contributed by atoms with Gasteiger partial charge in [-0.2, -0.15) is 0 Å². The molecule has 0 bridgehead atoms. The van der Waals surface area contributed by atoms with Gasteiger partial charge in [0.1, 0.15) is 5.82 Å². The van der Waals surface area contributed by atoms with Crippen LogP contribution in [0.15, 0.2) is 71.7 Å². The lowest BCUT2D eigenvalue weighted by molar-refractivity contribution is 0.0629. The largest absolute Gasteiger partial charge is 0.378 e. The number of carbonyl (C=O) groups excluding carboxylic acids is 1. The third-order valence-corrected chi connectivity index (χ3v) is 6.47. The van der Waals surface area contributed by atoms with E-state index in [0.717, 1.165) is 30.9 Å². The van der Waals surface area contributed by atoms with Crippen LogP contribution in [0.3, 0.4) is 0 Å². The summed E-state index contributed by atoms with van der Waals surface area (Å²) in [4.78, 5) is 26.1. The number of halogens is 1. The highest BCUT2D eigenvalue weighted by atomic mass is 19.1. The second kappa shape index (κ2) is 11.4. The fourth-order valence-electron chi connectivity index (χ4n) is 4.23. The third kappa shape index (κ3) is 6.29. The minimum absolute atomic E-state index is 0.181. The summed E-state index contributed by atoms with van der Waals surface area (Å²) < 4.78 is 14.1. The first-order valence-electron chi connectivity index (χ1n) is 12.2. The molecule has 4 rings (SSSR count). The number of hydrogen-bond donors (Lipinski definition) is 0. The second-order valence-corrected chi connectivity index (χ2v) is 9.53. The molecular weight excluding hydrogens is 453 g/mol. The molecule has 0 saturated carbocycles. The summed E-state index contributed by atoms with van der Waals surface area (Å²) in [5.41, 5.74) is 5.20. The maximum Gasteiger partial charge on any atom is 0.256 e. The molecular formula is C29H34FN5O. The van der Waals surface area contributed by atoms with Crippen LogP contribution in [-0.2, 0) is 6.54 Å². The van der Waals surface area contributed by atoms with Crippen molar-refractivity contribution >= 4 is 29.2 Å². The fraction of sp³-hybridized carbons (Fsp3) is 0.310. The zero-order valence-corrected chi connectivity index (χ0v) is 21.5. The Morgan fingerprint density at radius 2 is 1.44 bits per heavy atom. The van der Waals surface area contributed by atoms with Crippen LogP contribution in [0.5, 0.6) is 0 Å². The van der Waals surface area contributed by atoms with Crippen molar-refractivity contribution in [1.29, 1.82) is 0 Å². The zero-order valence-electron chi connectivity index (χ0n) is 21.5. The molecule has 0 atom stereocenters. The molecule has 1 amide bonds. The molecule has 36 heavy (non-hydrogen) atoms. The monoisotopic (exact) mass is 487 g/mol. The summed E-state index contributed by atoms with van der Waals surface area (Å²) >= 11 is 0. The number of carbonyl (C=O) groups is 1. The van der Waals surface area contributed by atoms with Gasteiger partial charge in [-0.1, -0.05) is 24.3 Å². The average Bonchev–Trinajstić information content (AvgIpc) is 2.88. The van der Waals surface area contributed by atoms with Crippen LogP contribution in [0.25, 0.3) is 0 Å². The molecule has 6 nitrogen and oxygen atoms in total. The van der Waals surface area contributed by atoms with Gasteiger partial charge >= 0.3 is 0 Å². The minimum atomic E-state index is -0.438. The maximum atomic E-state index is 14.1. The Morgan fingerprint density at radius 3 is 2.03 bits per heavy atom. The van der Waals surface area contributed by atoms with E-state index in [1.807, 2.05) is 57.4 Å². The summed E-state index contributed by atoms with van der Waals surface area (Å²) in [6.45, 7) is 3.58. The van der Waals surface area contributed by atoms with Crippen molar-refractivity contribution in [3.05, 3.63) is 89.2 Å². The van der Waals surface area contributed by atoms with Gasteiger partial charge in [-0.15, -0.1) is 0 Å². The predicted molar refractivity (Wildman–Crippen MR) is 146 cm³/mol. The van der Waals surface area contributed by atoms with Gasteiger partial charge in [0.2, 0.25) is 0 Å². The van der Waals surface area contributed by atoms with E-state index in [-0.39, 0.29) is 5.91 Å². The Hall–Kier alpha value is -3.71. The van der Waals surface area contributed by atoms with Gasteiger partial charge < -0.3 is 14.7 Å². The van der Waals surface area contributed by atoms with Crippen molar-refractivity contribution in [2.75, 3.05) is 64.2 Å². The Bertz CT molecular complexity index is 1200. The van der Waals surface area contributed by atoms with Crippen LogP contribution in [0.2, 0.25) is 0 Å². The Balaban J connectivity index is 1.40. The van der Waals surface area contributed by atoms with Gasteiger partial charge in [-0.3, -0.25) is 14.7 Å². The van der Waals surface area contributed by atoms with E-state index in [2.05, 4.69) is 39.1 Å². The lowest BCUT2D eigenvalue weighted by atomic mass is 10.1. The van der Waals surface area contributed by atoms with Gasteiger partial charge in [0.15, 0.2) is 0 Å². The second-order valence-electron chi connectivity index (χ2n) is 9.53. The number of anilines is 2. The molecule has 1 aliphatic heterocycles. The van der Waals surface area contributed by atoms with Gasteiger partial charge in [0.25, 0.3) is 5.91 Å². The highest BCUT2D eigenvalue weighted by molar-refractivity contribution is 6.00. The first-order chi connectivity index (χ1) is 17.3. The van der Waals surface area contributed by atoms with Crippen molar-refractivity contribution in [2.45, 2.75) is 6.54 Å². The molecule has 1 aliphatic rings. The van der Waals surface area contributed by atoms with Crippen LogP contribution >= 0.6 is 0 Å². The van der Waals surface area contributed by atoms with Crippen molar-refractivity contribution in [1.82, 2.24) is 9.80 Å². The first kappa shape index (κ1) is 25.4. The SMILES string of the molecule is CN(C)c1ccc(C=Nc2ccc(F)cc2C(=O)N2CCN(Cc3ccc(N(C)C)cc3)CC2)cc1. The van der Waals surface area contributed by atoms with E-state index in [1.165, 1.54) is 23.4 Å². The van der Waals surface area contributed by atoms with Gasteiger partial charge in [-0.05, 0) is 53.6 Å². The normalized spacial score (nSPS) is 14.3. The number of rotatable bonds is 7. The van der Waals surface area contributed by atoms with Gasteiger partial charge in [0, 0.05) is 78.5 Å². The summed E-state index contributed by atoms with van der Waals surface area (Å²) in [6.07, 6.45) is 1.71. The Kier molecular flexibility index (Phi) is 8.00. The van der Waals surface area contributed by atoms with Crippen LogP contribution in [0.4, 0.5) is 21.5 Å². The summed E-state index contributed by atoms with van der Waals surface area (Å²) in [5.74, 6) is -0.618. The quantitative estimate of drug-likeness (QED) is 0.455. The van der Waals surface area contributed by atoms with Crippen molar-refractivity contribution in [3.63, 3.8) is 0 Å². The molecule has 3 aromatic carbocycles. The average molecular weight is 488 g/mol. The maximum absolute atomic E-state index is 14.1. The number of nitrogens with zero attached hydrogens (tertiary/aromatic N) is 5. The number of benzene rings is 3. The van der Waals surface area contributed by atoms with Crippen LogP contribution in [0, 0.1) is 5.82 Å². The highest BCUT2D eigenvalue weighted by Crippen LogP contribution is 2.24. The molecule has 0 radical (unpaired) electrons. The first-order valence-corrected chi connectivity index (χ1v) is 12.2. The lowest BCUT2D eigenvalue weighted by Crippen LogP contribution is -2.48.